The average molecular weight is 190 g/mol. The maximum atomic E-state index is 10.6. The minimum atomic E-state index is -1.41. The lowest BCUT2D eigenvalue weighted by molar-refractivity contribution is -0.145. The van der Waals surface area contributed by atoms with Gasteiger partial charge < -0.3 is 20.8 Å². The predicted octanol–water partition coefficient (Wildman–Crippen LogP) is -1.16. The zero-order valence-electron chi connectivity index (χ0n) is 6.90. The van der Waals surface area contributed by atoms with E-state index in [0.717, 1.165) is 0 Å². The van der Waals surface area contributed by atoms with Crippen LogP contribution in [0.3, 0.4) is 0 Å². The Morgan fingerprint density at radius 1 is 1.31 bits per heavy atom. The van der Waals surface area contributed by atoms with Crippen molar-refractivity contribution in [1.29, 1.82) is 0 Å². The van der Waals surface area contributed by atoms with Crippen LogP contribution >= 0.6 is 0 Å². The van der Waals surface area contributed by atoms with Crippen molar-refractivity contribution >= 4 is 18.0 Å². The van der Waals surface area contributed by atoms with Crippen molar-refractivity contribution in [1.82, 2.24) is 10.6 Å². The molecule has 0 aromatic rings. The molecule has 0 aliphatic heterocycles. The Labute approximate surface area is 73.7 Å². The fraction of sp³-hybridized carbons (Fsp3) is 0.500. The predicted molar refractivity (Wildman–Crippen MR) is 41.3 cm³/mol. The summed E-state index contributed by atoms with van der Waals surface area (Å²) in [6.07, 6.45) is -0.650. The highest BCUT2D eigenvalue weighted by Crippen LogP contribution is 1.92. The number of carbonyl (C=O) groups excluding carboxylic acids is 1. The van der Waals surface area contributed by atoms with Crippen molar-refractivity contribution in [2.45, 2.75) is 12.5 Å². The van der Waals surface area contributed by atoms with Crippen LogP contribution in [0.15, 0.2) is 0 Å². The van der Waals surface area contributed by atoms with E-state index < -0.39 is 30.4 Å². The Kier molecular flexibility index (Phi) is 4.28. The number of hydrogen-bond donors (Lipinski definition) is 4. The molecule has 74 valence electrons. The summed E-state index contributed by atoms with van der Waals surface area (Å²) in [5.41, 5.74) is 0. The lowest BCUT2D eigenvalue weighted by atomic mass is 10.2. The number of carboxylic acid groups (broad SMARTS) is 2. The first-order valence-electron chi connectivity index (χ1n) is 3.40. The molecule has 0 heterocycles. The van der Waals surface area contributed by atoms with Crippen molar-refractivity contribution in [2.24, 2.45) is 0 Å². The molecule has 0 saturated carbocycles. The standard InChI is InChI=1S/C6H10N2O5/c1-7-6(13)8-3(5(11)12)2-4(9)10/h3H,2H2,1H3,(H,9,10)(H,11,12)(H2,7,8,13)/t3-/m0/s1. The first-order chi connectivity index (χ1) is 5.97. The molecule has 0 aliphatic rings. The van der Waals surface area contributed by atoms with Gasteiger partial charge in [-0.1, -0.05) is 0 Å². The van der Waals surface area contributed by atoms with Gasteiger partial charge in [-0.2, -0.15) is 0 Å². The fourth-order valence-corrected chi connectivity index (χ4v) is 0.605. The minimum absolute atomic E-state index is 0.650. The van der Waals surface area contributed by atoms with Crippen molar-refractivity contribution in [3.8, 4) is 0 Å². The van der Waals surface area contributed by atoms with Gasteiger partial charge in [0.05, 0.1) is 6.42 Å². The highest BCUT2D eigenvalue weighted by atomic mass is 16.4. The van der Waals surface area contributed by atoms with Crippen molar-refractivity contribution in [3.63, 3.8) is 0 Å². The molecule has 4 N–H and O–H groups in total. The van der Waals surface area contributed by atoms with Gasteiger partial charge in [-0.05, 0) is 0 Å². The first kappa shape index (κ1) is 11.2. The maximum absolute atomic E-state index is 10.6. The SMILES string of the molecule is CNC(=O)N[C@@H](CC(=O)O)C(=O)O. The zero-order valence-corrected chi connectivity index (χ0v) is 6.90. The van der Waals surface area contributed by atoms with Gasteiger partial charge in [-0.3, -0.25) is 4.79 Å². The summed E-state index contributed by atoms with van der Waals surface area (Å²) in [5.74, 6) is -2.67. The number of hydrogen-bond acceptors (Lipinski definition) is 3. The molecule has 0 bridgehead atoms. The second-order valence-electron chi connectivity index (χ2n) is 2.21. The molecule has 0 aromatic heterocycles. The number of carbonyl (C=O) groups is 3. The highest BCUT2D eigenvalue weighted by Gasteiger charge is 2.22. The number of aliphatic carboxylic acids is 2. The van der Waals surface area contributed by atoms with Crippen molar-refractivity contribution < 1.29 is 24.6 Å². The van der Waals surface area contributed by atoms with Gasteiger partial charge in [0.15, 0.2) is 0 Å². The molecule has 0 aromatic carbocycles. The van der Waals surface area contributed by atoms with Crippen LogP contribution in [0.5, 0.6) is 0 Å². The topological polar surface area (TPSA) is 116 Å². The van der Waals surface area contributed by atoms with Gasteiger partial charge in [-0.25, -0.2) is 9.59 Å². The van der Waals surface area contributed by atoms with Crippen molar-refractivity contribution in [3.05, 3.63) is 0 Å². The summed E-state index contributed by atoms with van der Waals surface area (Å²) in [7, 11) is 1.30. The molecule has 13 heavy (non-hydrogen) atoms. The van der Waals surface area contributed by atoms with E-state index in [0.29, 0.717) is 0 Å². The third kappa shape index (κ3) is 4.62. The van der Waals surface area contributed by atoms with Gasteiger partial charge in [0.25, 0.3) is 0 Å². The maximum Gasteiger partial charge on any atom is 0.326 e. The largest absolute Gasteiger partial charge is 0.481 e. The Bertz CT molecular complexity index is 227. The van der Waals surface area contributed by atoms with Crippen LogP contribution in [-0.2, 0) is 9.59 Å². The molecule has 0 spiro atoms. The van der Waals surface area contributed by atoms with Gasteiger partial charge in [0.1, 0.15) is 6.04 Å². The Hall–Kier alpha value is -1.79. The number of nitrogens with one attached hydrogen (secondary N) is 2. The number of carboxylic acids is 2. The van der Waals surface area contributed by atoms with E-state index in [4.69, 9.17) is 10.2 Å². The van der Waals surface area contributed by atoms with Gasteiger partial charge >= 0.3 is 18.0 Å². The van der Waals surface area contributed by atoms with Crippen LogP contribution < -0.4 is 10.6 Å². The molecule has 0 aliphatic carbocycles. The molecule has 0 unspecified atom stereocenters. The van der Waals surface area contributed by atoms with Crippen LogP contribution in [0.4, 0.5) is 4.79 Å². The number of rotatable bonds is 4. The number of urea groups is 1. The van der Waals surface area contributed by atoms with Crippen LogP contribution in [0, 0.1) is 0 Å². The highest BCUT2D eigenvalue weighted by molar-refractivity contribution is 5.85. The van der Waals surface area contributed by atoms with Crippen LogP contribution in [0.1, 0.15) is 6.42 Å². The summed E-state index contributed by atoms with van der Waals surface area (Å²) >= 11 is 0. The molecule has 0 radical (unpaired) electrons. The van der Waals surface area contributed by atoms with Crippen molar-refractivity contribution in [2.75, 3.05) is 7.05 Å². The second-order valence-corrected chi connectivity index (χ2v) is 2.21. The van der Waals surface area contributed by atoms with E-state index in [9.17, 15) is 14.4 Å². The lowest BCUT2D eigenvalue weighted by Gasteiger charge is -2.11. The minimum Gasteiger partial charge on any atom is -0.481 e. The van der Waals surface area contributed by atoms with Crippen LogP contribution in [-0.4, -0.2) is 41.3 Å². The van der Waals surface area contributed by atoms with Gasteiger partial charge in [0, 0.05) is 7.05 Å². The first-order valence-corrected chi connectivity index (χ1v) is 3.40. The fourth-order valence-electron chi connectivity index (χ4n) is 0.605. The van der Waals surface area contributed by atoms with Crippen LogP contribution in [0.2, 0.25) is 0 Å². The molecule has 1 atom stereocenters. The molecule has 0 rings (SSSR count). The summed E-state index contributed by atoms with van der Waals surface area (Å²) in [4.78, 5) is 31.2. The third-order valence-electron chi connectivity index (χ3n) is 1.21. The molecule has 2 amide bonds. The normalized spacial score (nSPS) is 11.5. The molecule has 7 nitrogen and oxygen atoms in total. The summed E-state index contributed by atoms with van der Waals surface area (Å²) < 4.78 is 0. The van der Waals surface area contributed by atoms with E-state index in [1.54, 1.807) is 0 Å². The summed E-state index contributed by atoms with van der Waals surface area (Å²) in [6.45, 7) is 0. The molecule has 0 fully saturated rings. The van der Waals surface area contributed by atoms with E-state index >= 15 is 0 Å². The summed E-state index contributed by atoms with van der Waals surface area (Å²) in [6, 6.07) is -2.13. The average Bonchev–Trinajstić information content (AvgIpc) is 2.02. The smallest absolute Gasteiger partial charge is 0.326 e. The molecular weight excluding hydrogens is 180 g/mol. The van der Waals surface area contributed by atoms with E-state index in [2.05, 4.69) is 5.32 Å². The van der Waals surface area contributed by atoms with Gasteiger partial charge in [0.2, 0.25) is 0 Å². The molecule has 0 saturated heterocycles. The summed E-state index contributed by atoms with van der Waals surface area (Å²) in [5, 5.41) is 20.8. The zero-order chi connectivity index (χ0) is 10.4. The van der Waals surface area contributed by atoms with E-state index in [1.807, 2.05) is 5.32 Å². The number of amides is 2. The second kappa shape index (κ2) is 4.96. The van der Waals surface area contributed by atoms with Crippen LogP contribution in [0.25, 0.3) is 0 Å². The Morgan fingerprint density at radius 3 is 2.15 bits per heavy atom. The van der Waals surface area contributed by atoms with Gasteiger partial charge in [-0.15, -0.1) is 0 Å². The van der Waals surface area contributed by atoms with E-state index in [1.165, 1.54) is 7.05 Å². The lowest BCUT2D eigenvalue weighted by Crippen LogP contribution is -2.45. The third-order valence-corrected chi connectivity index (χ3v) is 1.21. The Balaban J connectivity index is 4.18. The van der Waals surface area contributed by atoms with E-state index in [-0.39, 0.29) is 0 Å². The quantitative estimate of drug-likeness (QED) is 0.446. The molecule has 7 heteroatoms. The Morgan fingerprint density at radius 2 is 1.85 bits per heavy atom. The monoisotopic (exact) mass is 190 g/mol. The molecular formula is C6H10N2O5.